The maximum absolute atomic E-state index is 6.63. The van der Waals surface area contributed by atoms with E-state index in [0.29, 0.717) is 6.04 Å². The van der Waals surface area contributed by atoms with Gasteiger partial charge in [0.2, 0.25) is 0 Å². The molecule has 26 heavy (non-hydrogen) atoms. The first kappa shape index (κ1) is 17.3. The Labute approximate surface area is 155 Å². The third-order valence-corrected chi connectivity index (χ3v) is 5.87. The third-order valence-electron chi connectivity index (χ3n) is 5.87. The summed E-state index contributed by atoms with van der Waals surface area (Å²) in [7, 11) is 3.38. The van der Waals surface area contributed by atoms with Gasteiger partial charge in [-0.25, -0.2) is 0 Å². The summed E-state index contributed by atoms with van der Waals surface area (Å²) in [5.74, 6) is 1.89. The molecule has 0 aliphatic carbocycles. The minimum atomic E-state index is 0.101. The quantitative estimate of drug-likeness (QED) is 0.919. The molecule has 0 radical (unpaired) electrons. The van der Waals surface area contributed by atoms with Crippen molar-refractivity contribution in [2.45, 2.75) is 37.8 Å². The van der Waals surface area contributed by atoms with E-state index in [4.69, 9.17) is 15.2 Å². The van der Waals surface area contributed by atoms with E-state index >= 15 is 0 Å². The van der Waals surface area contributed by atoms with Crippen molar-refractivity contribution in [1.29, 1.82) is 0 Å². The van der Waals surface area contributed by atoms with Crippen LogP contribution >= 0.6 is 0 Å². The van der Waals surface area contributed by atoms with Crippen LogP contribution in [0.4, 0.5) is 0 Å². The van der Waals surface area contributed by atoms with Crippen LogP contribution in [0.3, 0.4) is 0 Å². The number of rotatable bonds is 3. The minimum absolute atomic E-state index is 0.101. The van der Waals surface area contributed by atoms with Crippen LogP contribution in [-0.2, 0) is 6.42 Å². The van der Waals surface area contributed by atoms with Crippen molar-refractivity contribution >= 4 is 0 Å². The Morgan fingerprint density at radius 3 is 2.65 bits per heavy atom. The van der Waals surface area contributed by atoms with Crippen molar-refractivity contribution in [1.82, 2.24) is 9.88 Å². The standard InChI is InChI=1S/C21H27N3O2/c1-13-4-6-23-18(8-13)16-12-24-7-5-14-9-20(25-2)21(26-3)10-15(14)19(24)11-17(16)22/h4,6,8-10,16-17,19H,5,7,11-12,22H2,1-3H3/t16-,17+,19-/m0/s1. The van der Waals surface area contributed by atoms with Crippen LogP contribution in [0.1, 0.15) is 40.8 Å². The highest BCUT2D eigenvalue weighted by molar-refractivity contribution is 5.49. The molecule has 2 aliphatic rings. The first-order valence-electron chi connectivity index (χ1n) is 9.27. The summed E-state index contributed by atoms with van der Waals surface area (Å²) in [6.07, 6.45) is 3.85. The number of fused-ring (bicyclic) bond motifs is 3. The average Bonchev–Trinajstić information content (AvgIpc) is 2.66. The Balaban J connectivity index is 1.64. The molecule has 4 rings (SSSR count). The fourth-order valence-electron chi connectivity index (χ4n) is 4.46. The summed E-state index contributed by atoms with van der Waals surface area (Å²) in [5.41, 5.74) is 11.7. The molecular weight excluding hydrogens is 326 g/mol. The molecule has 1 aromatic carbocycles. The number of hydrogen-bond donors (Lipinski definition) is 1. The number of methoxy groups -OCH3 is 2. The second-order valence-corrected chi connectivity index (χ2v) is 7.43. The lowest BCUT2D eigenvalue weighted by atomic mass is 9.79. The van der Waals surface area contributed by atoms with Crippen LogP contribution in [-0.4, -0.2) is 43.2 Å². The number of piperidine rings is 1. The Hall–Kier alpha value is -2.11. The zero-order chi connectivity index (χ0) is 18.3. The zero-order valence-corrected chi connectivity index (χ0v) is 15.7. The highest BCUT2D eigenvalue weighted by Gasteiger charge is 2.39. The van der Waals surface area contributed by atoms with E-state index in [-0.39, 0.29) is 12.0 Å². The first-order chi connectivity index (χ1) is 12.6. The van der Waals surface area contributed by atoms with Gasteiger partial charge in [0.1, 0.15) is 0 Å². The first-order valence-corrected chi connectivity index (χ1v) is 9.27. The van der Waals surface area contributed by atoms with E-state index in [0.717, 1.165) is 43.1 Å². The van der Waals surface area contributed by atoms with E-state index in [1.165, 1.54) is 16.7 Å². The van der Waals surface area contributed by atoms with E-state index in [2.05, 4.69) is 35.0 Å². The highest BCUT2D eigenvalue weighted by atomic mass is 16.5. The molecular formula is C21H27N3O2. The molecule has 0 bridgehead atoms. The van der Waals surface area contributed by atoms with Crippen LogP contribution in [0, 0.1) is 6.92 Å². The normalized spacial score (nSPS) is 25.3. The van der Waals surface area contributed by atoms with Crippen molar-refractivity contribution in [3.8, 4) is 11.5 Å². The van der Waals surface area contributed by atoms with Crippen molar-refractivity contribution in [3.05, 3.63) is 52.8 Å². The Bertz CT molecular complexity index is 808. The lowest BCUT2D eigenvalue weighted by Crippen LogP contribution is -2.50. The lowest BCUT2D eigenvalue weighted by molar-refractivity contribution is 0.108. The Morgan fingerprint density at radius 1 is 1.15 bits per heavy atom. The van der Waals surface area contributed by atoms with Crippen molar-refractivity contribution in [2.24, 2.45) is 5.73 Å². The maximum atomic E-state index is 6.63. The van der Waals surface area contributed by atoms with E-state index in [9.17, 15) is 0 Å². The van der Waals surface area contributed by atoms with Gasteiger partial charge in [-0.15, -0.1) is 0 Å². The number of nitrogens with zero attached hydrogens (tertiary/aromatic N) is 2. The molecule has 5 heteroatoms. The molecule has 138 valence electrons. The third kappa shape index (κ3) is 2.95. The molecule has 1 aromatic heterocycles. The van der Waals surface area contributed by atoms with Gasteiger partial charge in [-0.05, 0) is 60.7 Å². The van der Waals surface area contributed by atoms with Gasteiger partial charge in [0.15, 0.2) is 11.5 Å². The molecule has 3 heterocycles. The van der Waals surface area contributed by atoms with Crippen LogP contribution in [0.15, 0.2) is 30.5 Å². The average molecular weight is 353 g/mol. The Morgan fingerprint density at radius 2 is 1.92 bits per heavy atom. The predicted molar refractivity (Wildman–Crippen MR) is 102 cm³/mol. The monoisotopic (exact) mass is 353 g/mol. The van der Waals surface area contributed by atoms with Gasteiger partial charge in [0.05, 0.1) is 14.2 Å². The molecule has 5 nitrogen and oxygen atoms in total. The highest BCUT2D eigenvalue weighted by Crippen LogP contribution is 2.43. The molecule has 2 N–H and O–H groups in total. The number of pyridine rings is 1. The molecule has 1 fully saturated rings. The van der Waals surface area contributed by atoms with Crippen LogP contribution in [0.2, 0.25) is 0 Å². The van der Waals surface area contributed by atoms with Gasteiger partial charge in [0.25, 0.3) is 0 Å². The van der Waals surface area contributed by atoms with E-state index < -0.39 is 0 Å². The van der Waals surface area contributed by atoms with Crippen molar-refractivity contribution in [2.75, 3.05) is 27.3 Å². The summed E-state index contributed by atoms with van der Waals surface area (Å²) in [6.45, 7) is 4.11. The van der Waals surface area contributed by atoms with Gasteiger partial charge < -0.3 is 15.2 Å². The number of aryl methyl sites for hydroxylation is 1. The molecule has 0 spiro atoms. The number of aromatic nitrogens is 1. The summed E-state index contributed by atoms with van der Waals surface area (Å²) in [6, 6.07) is 8.93. The molecule has 3 atom stereocenters. The predicted octanol–water partition coefficient (Wildman–Crippen LogP) is 2.82. The second kappa shape index (κ2) is 6.89. The van der Waals surface area contributed by atoms with Crippen LogP contribution in [0.5, 0.6) is 11.5 Å². The zero-order valence-electron chi connectivity index (χ0n) is 15.7. The summed E-state index contributed by atoms with van der Waals surface area (Å²) >= 11 is 0. The minimum Gasteiger partial charge on any atom is -0.493 e. The number of hydrogen-bond acceptors (Lipinski definition) is 5. The molecule has 2 aromatic rings. The SMILES string of the molecule is COc1cc2c(cc1OC)[C@@H]1C[C@@H](N)[C@@H](c3cc(C)ccn3)CN1CC2. The topological polar surface area (TPSA) is 60.6 Å². The van der Waals surface area contributed by atoms with Gasteiger partial charge in [-0.1, -0.05) is 0 Å². The maximum Gasteiger partial charge on any atom is 0.161 e. The van der Waals surface area contributed by atoms with Gasteiger partial charge in [0, 0.05) is 43.0 Å². The summed E-state index contributed by atoms with van der Waals surface area (Å²) in [4.78, 5) is 7.16. The van der Waals surface area contributed by atoms with Gasteiger partial charge in [-0.2, -0.15) is 0 Å². The largest absolute Gasteiger partial charge is 0.493 e. The molecule has 1 saturated heterocycles. The fourth-order valence-corrected chi connectivity index (χ4v) is 4.46. The number of benzene rings is 1. The molecule has 0 saturated carbocycles. The summed E-state index contributed by atoms with van der Waals surface area (Å²) < 4.78 is 11.0. The van der Waals surface area contributed by atoms with Gasteiger partial charge >= 0.3 is 0 Å². The molecule has 2 aliphatic heterocycles. The molecule has 0 amide bonds. The fraction of sp³-hybridized carbons (Fsp3) is 0.476. The van der Waals surface area contributed by atoms with Crippen LogP contribution in [0.25, 0.3) is 0 Å². The lowest BCUT2D eigenvalue weighted by Gasteiger charge is -2.46. The van der Waals surface area contributed by atoms with Crippen molar-refractivity contribution in [3.63, 3.8) is 0 Å². The van der Waals surface area contributed by atoms with E-state index in [1.807, 2.05) is 12.3 Å². The summed E-state index contributed by atoms with van der Waals surface area (Å²) in [5, 5.41) is 0. The van der Waals surface area contributed by atoms with Gasteiger partial charge in [-0.3, -0.25) is 9.88 Å². The van der Waals surface area contributed by atoms with Crippen LogP contribution < -0.4 is 15.2 Å². The Kier molecular flexibility index (Phi) is 4.59. The molecule has 0 unspecified atom stereocenters. The second-order valence-electron chi connectivity index (χ2n) is 7.43. The number of ether oxygens (including phenoxy) is 2. The smallest absolute Gasteiger partial charge is 0.161 e. The van der Waals surface area contributed by atoms with E-state index in [1.54, 1.807) is 14.2 Å². The number of nitrogens with two attached hydrogens (primary N) is 1. The van der Waals surface area contributed by atoms with Crippen molar-refractivity contribution < 1.29 is 9.47 Å².